The quantitative estimate of drug-likeness (QED) is 0.558. The molecule has 0 aliphatic rings. The van der Waals surface area contributed by atoms with E-state index in [9.17, 15) is 14.7 Å². The molecule has 0 amide bonds. The minimum atomic E-state index is -0.772. The average Bonchev–Trinajstić information content (AvgIpc) is 2.71. The molecule has 156 valence electrons. The predicted molar refractivity (Wildman–Crippen MR) is 111 cm³/mol. The van der Waals surface area contributed by atoms with Gasteiger partial charge in [-0.2, -0.15) is 0 Å². The number of benzene rings is 2. The lowest BCUT2D eigenvalue weighted by molar-refractivity contribution is -0.142. The summed E-state index contributed by atoms with van der Waals surface area (Å²) in [7, 11) is 1.35. The second-order valence-corrected chi connectivity index (χ2v) is 7.38. The zero-order chi connectivity index (χ0) is 21.2. The second-order valence-electron chi connectivity index (χ2n) is 7.38. The lowest BCUT2D eigenvalue weighted by Gasteiger charge is -2.17. The summed E-state index contributed by atoms with van der Waals surface area (Å²) in [5.41, 5.74) is 2.39. The van der Waals surface area contributed by atoms with Crippen molar-refractivity contribution >= 4 is 11.9 Å². The number of carboxylic acids is 1. The summed E-state index contributed by atoms with van der Waals surface area (Å²) >= 11 is 0. The van der Waals surface area contributed by atoms with E-state index >= 15 is 0 Å². The lowest BCUT2D eigenvalue weighted by Crippen LogP contribution is -2.29. The first-order chi connectivity index (χ1) is 13.9. The Labute approximate surface area is 171 Å². The summed E-state index contributed by atoms with van der Waals surface area (Å²) in [6.45, 7) is 5.35. The summed E-state index contributed by atoms with van der Waals surface area (Å²) in [4.78, 5) is 22.9. The van der Waals surface area contributed by atoms with E-state index in [4.69, 9.17) is 9.47 Å². The fourth-order valence-electron chi connectivity index (χ4n) is 3.03. The van der Waals surface area contributed by atoms with Gasteiger partial charge in [0.1, 0.15) is 12.4 Å². The van der Waals surface area contributed by atoms with E-state index in [-0.39, 0.29) is 5.97 Å². The highest BCUT2D eigenvalue weighted by Gasteiger charge is 2.18. The summed E-state index contributed by atoms with van der Waals surface area (Å²) in [5.74, 6) is -0.472. The molecular weight excluding hydrogens is 370 g/mol. The largest absolute Gasteiger partial charge is 0.489 e. The van der Waals surface area contributed by atoms with E-state index in [0.29, 0.717) is 37.6 Å². The van der Waals surface area contributed by atoms with Crippen LogP contribution in [0.15, 0.2) is 48.5 Å². The van der Waals surface area contributed by atoms with Gasteiger partial charge in [-0.15, -0.1) is 0 Å². The Morgan fingerprint density at radius 3 is 2.38 bits per heavy atom. The minimum absolute atomic E-state index is 0.332. The van der Waals surface area contributed by atoms with Gasteiger partial charge in [0.05, 0.1) is 18.6 Å². The van der Waals surface area contributed by atoms with Gasteiger partial charge in [0.15, 0.2) is 0 Å². The third-order valence-corrected chi connectivity index (χ3v) is 4.55. The lowest BCUT2D eigenvalue weighted by atomic mass is 9.97. The zero-order valence-electron chi connectivity index (χ0n) is 17.2. The van der Waals surface area contributed by atoms with E-state index in [1.54, 1.807) is 12.1 Å². The molecule has 2 aromatic carbocycles. The van der Waals surface area contributed by atoms with Crippen LogP contribution in [-0.2, 0) is 22.7 Å². The molecule has 6 heteroatoms. The third kappa shape index (κ3) is 7.23. The molecule has 1 unspecified atom stereocenters. The number of carboxylic acid groups (broad SMARTS) is 1. The molecule has 0 saturated carbocycles. The number of hydrogen-bond donors (Lipinski definition) is 2. The molecule has 0 fully saturated rings. The summed E-state index contributed by atoms with van der Waals surface area (Å²) in [6.07, 6.45) is 0.641. The molecule has 0 radical (unpaired) electrons. The minimum Gasteiger partial charge on any atom is -0.489 e. The van der Waals surface area contributed by atoms with Crippen molar-refractivity contribution in [3.8, 4) is 5.75 Å². The number of nitrogens with one attached hydrogen (secondary N) is 1. The van der Waals surface area contributed by atoms with Gasteiger partial charge in [0, 0.05) is 18.7 Å². The van der Waals surface area contributed by atoms with Crippen LogP contribution in [0.5, 0.6) is 5.75 Å². The van der Waals surface area contributed by atoms with Crippen molar-refractivity contribution in [1.82, 2.24) is 5.32 Å². The van der Waals surface area contributed by atoms with Crippen molar-refractivity contribution in [2.24, 2.45) is 11.8 Å². The Morgan fingerprint density at radius 2 is 1.76 bits per heavy atom. The predicted octanol–water partition coefficient (Wildman–Crippen LogP) is 3.89. The van der Waals surface area contributed by atoms with Crippen LogP contribution in [0.2, 0.25) is 0 Å². The number of ether oxygens (including phenoxy) is 2. The number of rotatable bonds is 11. The molecule has 0 aliphatic carbocycles. The van der Waals surface area contributed by atoms with Crippen LogP contribution in [0, 0.1) is 11.8 Å². The van der Waals surface area contributed by atoms with Crippen LogP contribution in [0.3, 0.4) is 0 Å². The van der Waals surface area contributed by atoms with E-state index in [2.05, 4.69) is 5.32 Å². The Kier molecular flexibility index (Phi) is 8.68. The Bertz CT molecular complexity index is 801. The highest BCUT2D eigenvalue weighted by Crippen LogP contribution is 2.20. The molecule has 1 atom stereocenters. The average molecular weight is 399 g/mol. The molecule has 0 aromatic heterocycles. The van der Waals surface area contributed by atoms with Gasteiger partial charge in [-0.05, 0) is 36.1 Å². The van der Waals surface area contributed by atoms with Gasteiger partial charge in [-0.25, -0.2) is 4.79 Å². The number of hydrogen-bond acceptors (Lipinski definition) is 5. The first kappa shape index (κ1) is 22.4. The Hall–Kier alpha value is -2.86. The number of carbonyl (C=O) groups is 2. The normalized spacial score (nSPS) is 11.9. The van der Waals surface area contributed by atoms with Gasteiger partial charge in [-0.3, -0.25) is 4.79 Å². The number of methoxy groups -OCH3 is 1. The molecule has 0 spiro atoms. The zero-order valence-corrected chi connectivity index (χ0v) is 17.2. The summed E-state index contributed by atoms with van der Waals surface area (Å²) < 4.78 is 10.6. The van der Waals surface area contributed by atoms with Gasteiger partial charge in [0.2, 0.25) is 0 Å². The van der Waals surface area contributed by atoms with E-state index in [1.807, 2.05) is 50.2 Å². The van der Waals surface area contributed by atoms with Crippen LogP contribution in [-0.4, -0.2) is 30.7 Å². The Morgan fingerprint density at radius 1 is 1.07 bits per heavy atom. The van der Waals surface area contributed by atoms with Crippen LogP contribution < -0.4 is 10.1 Å². The van der Waals surface area contributed by atoms with Crippen molar-refractivity contribution in [3.05, 3.63) is 65.2 Å². The molecule has 0 saturated heterocycles. The molecule has 0 bridgehead atoms. The molecule has 29 heavy (non-hydrogen) atoms. The molecule has 6 nitrogen and oxygen atoms in total. The maximum atomic E-state index is 11.5. The van der Waals surface area contributed by atoms with Crippen molar-refractivity contribution < 1.29 is 24.2 Å². The Balaban J connectivity index is 1.93. The highest BCUT2D eigenvalue weighted by molar-refractivity contribution is 5.89. The van der Waals surface area contributed by atoms with Crippen LogP contribution >= 0.6 is 0 Å². The molecule has 2 N–H and O–H groups in total. The number of para-hydroxylation sites is 1. The molecule has 0 aliphatic heterocycles. The van der Waals surface area contributed by atoms with Gasteiger partial charge in [-0.1, -0.05) is 44.2 Å². The highest BCUT2D eigenvalue weighted by atomic mass is 16.5. The van der Waals surface area contributed by atoms with Crippen molar-refractivity contribution in [2.75, 3.05) is 13.7 Å². The number of carbonyl (C=O) groups excluding carboxylic acids is 1. The van der Waals surface area contributed by atoms with Gasteiger partial charge < -0.3 is 19.9 Å². The fraction of sp³-hybridized carbons (Fsp3) is 0.391. The molecule has 2 aromatic rings. The molecular formula is C23H29NO5. The SMILES string of the molecule is COC(=O)c1ccc(COc2ccccc2CNCC(CC(C)C)C(=O)O)cc1. The fourth-order valence-corrected chi connectivity index (χ4v) is 3.03. The molecule has 0 heterocycles. The van der Waals surface area contributed by atoms with Gasteiger partial charge in [0.25, 0.3) is 0 Å². The van der Waals surface area contributed by atoms with Crippen molar-refractivity contribution in [2.45, 2.75) is 33.4 Å². The first-order valence-electron chi connectivity index (χ1n) is 9.72. The van der Waals surface area contributed by atoms with E-state index < -0.39 is 11.9 Å². The molecule has 2 rings (SSSR count). The topological polar surface area (TPSA) is 84.9 Å². The van der Waals surface area contributed by atoms with Crippen molar-refractivity contribution in [3.63, 3.8) is 0 Å². The smallest absolute Gasteiger partial charge is 0.337 e. The van der Waals surface area contributed by atoms with Crippen LogP contribution in [0.25, 0.3) is 0 Å². The van der Waals surface area contributed by atoms with E-state index in [0.717, 1.165) is 16.9 Å². The van der Waals surface area contributed by atoms with Crippen molar-refractivity contribution in [1.29, 1.82) is 0 Å². The monoisotopic (exact) mass is 399 g/mol. The van der Waals surface area contributed by atoms with Crippen LogP contribution in [0.4, 0.5) is 0 Å². The van der Waals surface area contributed by atoms with E-state index in [1.165, 1.54) is 7.11 Å². The maximum Gasteiger partial charge on any atom is 0.337 e. The van der Waals surface area contributed by atoms with Crippen LogP contribution in [0.1, 0.15) is 41.8 Å². The standard InChI is InChI=1S/C23H29NO5/c1-16(2)12-20(22(25)26)14-24-13-19-6-4-5-7-21(19)29-15-17-8-10-18(11-9-17)23(27)28-3/h4-11,16,20,24H,12-15H2,1-3H3,(H,25,26). The number of esters is 1. The number of aliphatic carboxylic acids is 1. The maximum absolute atomic E-state index is 11.5. The first-order valence-corrected chi connectivity index (χ1v) is 9.72. The summed E-state index contributed by atoms with van der Waals surface area (Å²) in [5, 5.41) is 12.6. The third-order valence-electron chi connectivity index (χ3n) is 4.55. The van der Waals surface area contributed by atoms with Gasteiger partial charge >= 0.3 is 11.9 Å². The second kappa shape index (κ2) is 11.2. The summed E-state index contributed by atoms with van der Waals surface area (Å²) in [6, 6.07) is 14.8.